The van der Waals surface area contributed by atoms with Gasteiger partial charge >= 0.3 is 0 Å². The Morgan fingerprint density at radius 1 is 1.05 bits per heavy atom. The molecule has 0 amide bonds. The zero-order valence-corrected chi connectivity index (χ0v) is 12.8. The summed E-state index contributed by atoms with van der Waals surface area (Å²) in [5, 5.41) is 3.41. The van der Waals surface area contributed by atoms with Crippen molar-refractivity contribution in [2.24, 2.45) is 0 Å². The lowest BCUT2D eigenvalue weighted by molar-refractivity contribution is 0.239. The molecule has 1 N–H and O–H groups in total. The van der Waals surface area contributed by atoms with Crippen LogP contribution in [0.2, 0.25) is 0 Å². The molecule has 0 aliphatic carbocycles. The largest absolute Gasteiger partial charge is 0.491 e. The Balaban J connectivity index is 2.02. The topological polar surface area (TPSA) is 21.3 Å². The highest BCUT2D eigenvalue weighted by molar-refractivity contribution is 5.33. The summed E-state index contributed by atoms with van der Waals surface area (Å²) in [5.41, 5.74) is 2.05. The van der Waals surface area contributed by atoms with Crippen molar-refractivity contribution in [3.63, 3.8) is 0 Å². The SMILES string of the molecule is CC(C)Oc1ccccc1CN[C@@H](C)c1cccc(F)c1. The molecule has 112 valence electrons. The number of ether oxygens (including phenoxy) is 1. The van der Waals surface area contributed by atoms with E-state index >= 15 is 0 Å². The summed E-state index contributed by atoms with van der Waals surface area (Å²) in [6.07, 6.45) is 0.145. The van der Waals surface area contributed by atoms with Gasteiger partial charge < -0.3 is 10.1 Å². The lowest BCUT2D eigenvalue weighted by atomic mass is 10.1. The molecule has 0 bridgehead atoms. The molecule has 3 heteroatoms. The normalized spacial score (nSPS) is 12.4. The number of para-hydroxylation sites is 1. The summed E-state index contributed by atoms with van der Waals surface area (Å²) in [6.45, 7) is 6.74. The molecule has 0 aliphatic heterocycles. The Morgan fingerprint density at radius 2 is 1.81 bits per heavy atom. The number of hydrogen-bond acceptors (Lipinski definition) is 2. The molecule has 0 heterocycles. The highest BCUT2D eigenvalue weighted by Crippen LogP contribution is 2.21. The van der Waals surface area contributed by atoms with E-state index in [9.17, 15) is 4.39 Å². The second-order valence-corrected chi connectivity index (χ2v) is 5.43. The molecule has 0 aliphatic rings. The first-order valence-corrected chi connectivity index (χ1v) is 7.29. The zero-order chi connectivity index (χ0) is 15.2. The van der Waals surface area contributed by atoms with Gasteiger partial charge in [-0.2, -0.15) is 0 Å². The van der Waals surface area contributed by atoms with Crippen LogP contribution in [0, 0.1) is 5.82 Å². The lowest BCUT2D eigenvalue weighted by Crippen LogP contribution is -2.19. The van der Waals surface area contributed by atoms with Crippen LogP contribution in [-0.4, -0.2) is 6.10 Å². The van der Waals surface area contributed by atoms with Crippen molar-refractivity contribution < 1.29 is 9.13 Å². The standard InChI is InChI=1S/C18H22FNO/c1-13(2)21-18-10-5-4-7-16(18)12-20-14(3)15-8-6-9-17(19)11-15/h4-11,13-14,20H,12H2,1-3H3/t14-/m0/s1. The average Bonchev–Trinajstić information content (AvgIpc) is 2.45. The smallest absolute Gasteiger partial charge is 0.124 e. The van der Waals surface area contributed by atoms with Gasteiger partial charge in [-0.25, -0.2) is 4.39 Å². The molecule has 0 radical (unpaired) electrons. The number of rotatable bonds is 6. The molecular weight excluding hydrogens is 265 g/mol. The molecule has 21 heavy (non-hydrogen) atoms. The highest BCUT2D eigenvalue weighted by atomic mass is 19.1. The lowest BCUT2D eigenvalue weighted by Gasteiger charge is -2.18. The quantitative estimate of drug-likeness (QED) is 0.846. The van der Waals surface area contributed by atoms with Crippen LogP contribution in [0.15, 0.2) is 48.5 Å². The third-order valence-corrected chi connectivity index (χ3v) is 3.28. The highest BCUT2D eigenvalue weighted by Gasteiger charge is 2.09. The van der Waals surface area contributed by atoms with Gasteiger partial charge in [-0.3, -0.25) is 0 Å². The minimum Gasteiger partial charge on any atom is -0.491 e. The zero-order valence-electron chi connectivity index (χ0n) is 12.8. The second kappa shape index (κ2) is 7.23. The molecule has 2 aromatic carbocycles. The van der Waals surface area contributed by atoms with Crippen LogP contribution >= 0.6 is 0 Å². The fourth-order valence-corrected chi connectivity index (χ4v) is 2.18. The summed E-state index contributed by atoms with van der Waals surface area (Å²) in [6, 6.07) is 14.8. The summed E-state index contributed by atoms with van der Waals surface area (Å²) in [7, 11) is 0. The molecule has 0 fully saturated rings. The van der Waals surface area contributed by atoms with E-state index in [-0.39, 0.29) is 18.0 Å². The fourth-order valence-electron chi connectivity index (χ4n) is 2.18. The van der Waals surface area contributed by atoms with Gasteiger partial charge in [-0.05, 0) is 44.5 Å². The third kappa shape index (κ3) is 4.57. The summed E-state index contributed by atoms with van der Waals surface area (Å²) < 4.78 is 19.1. The van der Waals surface area contributed by atoms with Gasteiger partial charge in [0, 0.05) is 18.2 Å². The van der Waals surface area contributed by atoms with E-state index in [2.05, 4.69) is 5.32 Å². The Bertz CT molecular complexity index is 583. The van der Waals surface area contributed by atoms with Crippen molar-refractivity contribution in [3.8, 4) is 5.75 Å². The van der Waals surface area contributed by atoms with Crippen molar-refractivity contribution >= 4 is 0 Å². The van der Waals surface area contributed by atoms with Crippen molar-refractivity contribution in [3.05, 3.63) is 65.5 Å². The van der Waals surface area contributed by atoms with Gasteiger partial charge in [-0.1, -0.05) is 30.3 Å². The number of hydrogen-bond donors (Lipinski definition) is 1. The van der Waals surface area contributed by atoms with Crippen LogP contribution in [0.4, 0.5) is 4.39 Å². The van der Waals surface area contributed by atoms with Gasteiger partial charge in [-0.15, -0.1) is 0 Å². The van der Waals surface area contributed by atoms with Crippen LogP contribution in [0.3, 0.4) is 0 Å². The van der Waals surface area contributed by atoms with Gasteiger partial charge in [0.25, 0.3) is 0 Å². The maximum absolute atomic E-state index is 13.3. The van der Waals surface area contributed by atoms with E-state index < -0.39 is 0 Å². The van der Waals surface area contributed by atoms with Crippen LogP contribution in [-0.2, 0) is 6.54 Å². The minimum atomic E-state index is -0.204. The van der Waals surface area contributed by atoms with Crippen LogP contribution in [0.25, 0.3) is 0 Å². The van der Waals surface area contributed by atoms with Crippen LogP contribution in [0.5, 0.6) is 5.75 Å². The third-order valence-electron chi connectivity index (χ3n) is 3.28. The van der Waals surface area contributed by atoms with Gasteiger partial charge in [0.2, 0.25) is 0 Å². The van der Waals surface area contributed by atoms with Crippen molar-refractivity contribution in [2.75, 3.05) is 0 Å². The molecule has 0 aromatic heterocycles. The van der Waals surface area contributed by atoms with Crippen LogP contribution in [0.1, 0.15) is 37.9 Å². The second-order valence-electron chi connectivity index (χ2n) is 5.43. The number of benzene rings is 2. The Kier molecular flexibility index (Phi) is 5.34. The Morgan fingerprint density at radius 3 is 2.52 bits per heavy atom. The maximum atomic E-state index is 13.3. The molecule has 1 atom stereocenters. The molecule has 0 saturated heterocycles. The van der Waals surface area contributed by atoms with Gasteiger partial charge in [0.15, 0.2) is 0 Å². The fraction of sp³-hybridized carbons (Fsp3) is 0.333. The molecular formula is C18H22FNO. The van der Waals surface area contributed by atoms with E-state index in [1.807, 2.05) is 51.1 Å². The Hall–Kier alpha value is -1.87. The molecule has 0 unspecified atom stereocenters. The predicted octanol–water partition coefficient (Wildman–Crippen LogP) is 4.46. The maximum Gasteiger partial charge on any atom is 0.124 e. The first kappa shape index (κ1) is 15.5. The van der Waals surface area contributed by atoms with E-state index in [0.29, 0.717) is 6.54 Å². The molecule has 2 aromatic rings. The van der Waals surface area contributed by atoms with E-state index in [1.165, 1.54) is 6.07 Å². The van der Waals surface area contributed by atoms with E-state index in [1.54, 1.807) is 12.1 Å². The molecule has 0 spiro atoms. The minimum absolute atomic E-state index is 0.0767. The average molecular weight is 287 g/mol. The monoisotopic (exact) mass is 287 g/mol. The van der Waals surface area contributed by atoms with Crippen molar-refractivity contribution in [1.29, 1.82) is 0 Å². The molecule has 0 saturated carbocycles. The number of nitrogens with one attached hydrogen (secondary N) is 1. The summed E-state index contributed by atoms with van der Waals surface area (Å²) in [5.74, 6) is 0.691. The van der Waals surface area contributed by atoms with E-state index in [4.69, 9.17) is 4.74 Å². The first-order chi connectivity index (χ1) is 10.1. The van der Waals surface area contributed by atoms with Crippen LogP contribution < -0.4 is 10.1 Å². The first-order valence-electron chi connectivity index (χ1n) is 7.29. The predicted molar refractivity (Wildman–Crippen MR) is 83.9 cm³/mol. The van der Waals surface area contributed by atoms with E-state index in [0.717, 1.165) is 16.9 Å². The molecule has 2 nitrogen and oxygen atoms in total. The summed E-state index contributed by atoms with van der Waals surface area (Å²) >= 11 is 0. The van der Waals surface area contributed by atoms with Gasteiger partial charge in [0.1, 0.15) is 11.6 Å². The summed E-state index contributed by atoms with van der Waals surface area (Å²) in [4.78, 5) is 0. The van der Waals surface area contributed by atoms with Gasteiger partial charge in [0.05, 0.1) is 6.10 Å². The van der Waals surface area contributed by atoms with Crippen molar-refractivity contribution in [1.82, 2.24) is 5.32 Å². The molecule has 2 rings (SSSR count). The number of halogens is 1. The Labute approximate surface area is 126 Å². The van der Waals surface area contributed by atoms with Crippen molar-refractivity contribution in [2.45, 2.75) is 39.5 Å².